The lowest BCUT2D eigenvalue weighted by Gasteiger charge is -2.12. The number of nitrogens with one attached hydrogen (secondary N) is 2. The van der Waals surface area contributed by atoms with Gasteiger partial charge in [-0.1, -0.05) is 25.0 Å². The van der Waals surface area contributed by atoms with Crippen LogP contribution in [0.5, 0.6) is 5.75 Å². The summed E-state index contributed by atoms with van der Waals surface area (Å²) in [7, 11) is 1.72. The number of hydrogen-bond acceptors (Lipinski definition) is 2. The first-order valence-electron chi connectivity index (χ1n) is 8.38. The third-order valence-corrected chi connectivity index (χ3v) is 4.03. The molecule has 1 aromatic rings. The van der Waals surface area contributed by atoms with Crippen LogP contribution in [0.15, 0.2) is 23.2 Å². The van der Waals surface area contributed by atoms with Gasteiger partial charge in [0.2, 0.25) is 0 Å². The van der Waals surface area contributed by atoms with E-state index < -0.39 is 0 Å². The minimum atomic E-state index is 0. The van der Waals surface area contributed by atoms with Crippen LogP contribution < -0.4 is 15.4 Å². The van der Waals surface area contributed by atoms with E-state index in [2.05, 4.69) is 47.7 Å². The van der Waals surface area contributed by atoms with E-state index in [4.69, 9.17) is 4.74 Å². The van der Waals surface area contributed by atoms with Crippen LogP contribution in [0.25, 0.3) is 0 Å². The summed E-state index contributed by atoms with van der Waals surface area (Å²) >= 11 is 0. The molecule has 4 nitrogen and oxygen atoms in total. The van der Waals surface area contributed by atoms with Crippen molar-refractivity contribution < 1.29 is 4.74 Å². The van der Waals surface area contributed by atoms with Gasteiger partial charge >= 0.3 is 0 Å². The molecule has 23 heavy (non-hydrogen) atoms. The lowest BCUT2D eigenvalue weighted by Crippen LogP contribution is -2.38. The van der Waals surface area contributed by atoms with E-state index in [1.807, 2.05) is 0 Å². The minimum Gasteiger partial charge on any atom is -0.496 e. The summed E-state index contributed by atoms with van der Waals surface area (Å²) in [5, 5.41) is 6.72. The van der Waals surface area contributed by atoms with Gasteiger partial charge in [-0.05, 0) is 49.8 Å². The van der Waals surface area contributed by atoms with E-state index in [1.165, 1.54) is 30.4 Å². The Hall–Kier alpha value is -0.980. The fourth-order valence-electron chi connectivity index (χ4n) is 2.45. The maximum absolute atomic E-state index is 5.38. The van der Waals surface area contributed by atoms with Gasteiger partial charge in [0.05, 0.1) is 7.11 Å². The fourth-order valence-corrected chi connectivity index (χ4v) is 2.45. The average Bonchev–Trinajstić information content (AvgIpc) is 3.33. The molecule has 1 fully saturated rings. The molecule has 0 amide bonds. The lowest BCUT2D eigenvalue weighted by atomic mass is 10.1. The SMILES string of the molecule is CCNC(=NCCC1CC1)NCCc1ccc(C)c(OC)c1.I. The summed E-state index contributed by atoms with van der Waals surface area (Å²) in [6, 6.07) is 6.40. The maximum Gasteiger partial charge on any atom is 0.191 e. The fraction of sp³-hybridized carbons (Fsp3) is 0.611. The summed E-state index contributed by atoms with van der Waals surface area (Å²) < 4.78 is 5.38. The highest BCUT2D eigenvalue weighted by Gasteiger charge is 2.20. The molecule has 0 spiro atoms. The Morgan fingerprint density at radius 2 is 2.09 bits per heavy atom. The highest BCUT2D eigenvalue weighted by atomic mass is 127. The number of hydrogen-bond donors (Lipinski definition) is 2. The summed E-state index contributed by atoms with van der Waals surface area (Å²) in [6.45, 7) is 6.87. The van der Waals surface area contributed by atoms with Crippen LogP contribution >= 0.6 is 24.0 Å². The van der Waals surface area contributed by atoms with Gasteiger partial charge in [0, 0.05) is 19.6 Å². The van der Waals surface area contributed by atoms with E-state index in [0.29, 0.717) is 0 Å². The summed E-state index contributed by atoms with van der Waals surface area (Å²) in [4.78, 5) is 4.64. The number of halogens is 1. The Kier molecular flexibility index (Phi) is 9.36. The predicted molar refractivity (Wildman–Crippen MR) is 108 cm³/mol. The quantitative estimate of drug-likeness (QED) is 0.376. The Balaban J connectivity index is 0.00000264. The van der Waals surface area contributed by atoms with E-state index in [1.54, 1.807) is 7.11 Å². The van der Waals surface area contributed by atoms with Gasteiger partial charge in [0.1, 0.15) is 5.75 Å². The topological polar surface area (TPSA) is 45.7 Å². The highest BCUT2D eigenvalue weighted by Crippen LogP contribution is 2.32. The minimum absolute atomic E-state index is 0. The molecule has 0 heterocycles. The molecular formula is C18H30IN3O. The first-order chi connectivity index (χ1) is 10.7. The van der Waals surface area contributed by atoms with Crippen molar-refractivity contribution in [2.24, 2.45) is 10.9 Å². The van der Waals surface area contributed by atoms with Crippen molar-refractivity contribution in [3.8, 4) is 5.75 Å². The number of ether oxygens (including phenoxy) is 1. The number of benzene rings is 1. The van der Waals surface area contributed by atoms with Crippen LogP contribution in [0.4, 0.5) is 0 Å². The monoisotopic (exact) mass is 431 g/mol. The first-order valence-corrected chi connectivity index (χ1v) is 8.38. The van der Waals surface area contributed by atoms with Crippen molar-refractivity contribution in [1.29, 1.82) is 0 Å². The molecule has 1 aliphatic carbocycles. The van der Waals surface area contributed by atoms with Gasteiger partial charge in [-0.3, -0.25) is 4.99 Å². The Morgan fingerprint density at radius 3 is 2.74 bits per heavy atom. The Bertz CT molecular complexity index is 501. The molecule has 2 N–H and O–H groups in total. The number of aliphatic imine (C=N–C) groups is 1. The average molecular weight is 431 g/mol. The molecule has 0 saturated heterocycles. The van der Waals surface area contributed by atoms with Crippen LogP contribution in [0.1, 0.15) is 37.3 Å². The van der Waals surface area contributed by atoms with E-state index in [9.17, 15) is 0 Å². The van der Waals surface area contributed by atoms with Crippen molar-refractivity contribution in [1.82, 2.24) is 10.6 Å². The number of methoxy groups -OCH3 is 1. The van der Waals surface area contributed by atoms with Gasteiger partial charge in [0.25, 0.3) is 0 Å². The van der Waals surface area contributed by atoms with Crippen molar-refractivity contribution >= 4 is 29.9 Å². The third-order valence-electron chi connectivity index (χ3n) is 4.03. The number of nitrogens with zero attached hydrogens (tertiary/aromatic N) is 1. The molecule has 0 aromatic heterocycles. The zero-order chi connectivity index (χ0) is 15.8. The molecule has 0 radical (unpaired) electrons. The standard InChI is InChI=1S/C18H29N3O.HI/c1-4-19-18(20-11-9-15-7-8-15)21-12-10-16-6-5-14(2)17(13-16)22-3;/h5-6,13,15H,4,7-12H2,1-3H3,(H2,19,20,21);1H. The summed E-state index contributed by atoms with van der Waals surface area (Å²) in [6.07, 6.45) is 4.99. The van der Waals surface area contributed by atoms with Crippen LogP contribution in [-0.2, 0) is 6.42 Å². The molecule has 1 saturated carbocycles. The molecule has 0 aliphatic heterocycles. The smallest absolute Gasteiger partial charge is 0.191 e. The molecular weight excluding hydrogens is 401 g/mol. The van der Waals surface area contributed by atoms with Crippen molar-refractivity contribution in [3.63, 3.8) is 0 Å². The molecule has 0 bridgehead atoms. The molecule has 1 aromatic carbocycles. The number of rotatable bonds is 8. The molecule has 0 atom stereocenters. The second-order valence-corrected chi connectivity index (χ2v) is 5.97. The van der Waals surface area contributed by atoms with Gasteiger partial charge in [-0.25, -0.2) is 0 Å². The predicted octanol–water partition coefficient (Wildman–Crippen LogP) is 3.52. The Labute approximate surface area is 157 Å². The van der Waals surface area contributed by atoms with Crippen LogP contribution in [-0.4, -0.2) is 32.7 Å². The molecule has 2 rings (SSSR count). The lowest BCUT2D eigenvalue weighted by molar-refractivity contribution is 0.411. The molecule has 5 heteroatoms. The van der Waals surface area contributed by atoms with Crippen molar-refractivity contribution in [2.75, 3.05) is 26.7 Å². The molecule has 130 valence electrons. The van der Waals surface area contributed by atoms with Crippen molar-refractivity contribution in [2.45, 2.75) is 39.5 Å². The van der Waals surface area contributed by atoms with E-state index in [-0.39, 0.29) is 24.0 Å². The largest absolute Gasteiger partial charge is 0.496 e. The van der Waals surface area contributed by atoms with Gasteiger partial charge in [-0.2, -0.15) is 0 Å². The first kappa shape index (κ1) is 20.1. The number of guanidine groups is 1. The maximum atomic E-state index is 5.38. The van der Waals surface area contributed by atoms with Gasteiger partial charge < -0.3 is 15.4 Å². The van der Waals surface area contributed by atoms with Gasteiger partial charge in [0.15, 0.2) is 5.96 Å². The summed E-state index contributed by atoms with van der Waals surface area (Å²) in [5.41, 5.74) is 2.46. The number of aryl methyl sites for hydroxylation is 1. The highest BCUT2D eigenvalue weighted by molar-refractivity contribution is 14.0. The second kappa shape index (κ2) is 10.7. The summed E-state index contributed by atoms with van der Waals surface area (Å²) in [5.74, 6) is 2.83. The zero-order valence-corrected chi connectivity index (χ0v) is 16.9. The van der Waals surface area contributed by atoms with Gasteiger partial charge in [-0.15, -0.1) is 24.0 Å². The van der Waals surface area contributed by atoms with E-state index >= 15 is 0 Å². The molecule has 1 aliphatic rings. The van der Waals surface area contributed by atoms with Crippen molar-refractivity contribution in [3.05, 3.63) is 29.3 Å². The normalized spacial score (nSPS) is 14.1. The van der Waals surface area contributed by atoms with Crippen LogP contribution in [0.3, 0.4) is 0 Å². The zero-order valence-electron chi connectivity index (χ0n) is 14.5. The molecule has 0 unspecified atom stereocenters. The van der Waals surface area contributed by atoms with Crippen LogP contribution in [0, 0.1) is 12.8 Å². The second-order valence-electron chi connectivity index (χ2n) is 5.97. The van der Waals surface area contributed by atoms with E-state index in [0.717, 1.165) is 43.7 Å². The third kappa shape index (κ3) is 7.42. The van der Waals surface area contributed by atoms with Crippen LogP contribution in [0.2, 0.25) is 0 Å². The Morgan fingerprint density at radius 1 is 1.30 bits per heavy atom.